The number of hydrogen-bond donors (Lipinski definition) is 0. The van der Waals surface area contributed by atoms with Gasteiger partial charge in [0.1, 0.15) is 0 Å². The molecule has 1 nitrogen and oxygen atoms in total. The van der Waals surface area contributed by atoms with Crippen molar-refractivity contribution in [2.24, 2.45) is 0 Å². The highest BCUT2D eigenvalue weighted by molar-refractivity contribution is 6.65. The normalized spacial score (nSPS) is 14.5. The second-order valence-corrected chi connectivity index (χ2v) is 5.74. The molecule has 0 aromatic heterocycles. The van der Waals surface area contributed by atoms with Gasteiger partial charge in [-0.2, -0.15) is 0 Å². The van der Waals surface area contributed by atoms with Crippen LogP contribution in [0, 0.1) is 0 Å². The molecule has 0 N–H and O–H groups in total. The summed E-state index contributed by atoms with van der Waals surface area (Å²) in [5.41, 5.74) is -0.0833. The van der Waals surface area contributed by atoms with Gasteiger partial charge in [-0.3, -0.25) is 0 Å². The van der Waals surface area contributed by atoms with Crippen molar-refractivity contribution >= 4 is 47.1 Å². The van der Waals surface area contributed by atoms with Crippen LogP contribution in [0.3, 0.4) is 0 Å². The molecule has 0 aliphatic carbocycles. The first kappa shape index (κ1) is 12.3. The van der Waals surface area contributed by atoms with Crippen LogP contribution in [-0.4, -0.2) is 59.8 Å². The van der Waals surface area contributed by atoms with E-state index in [4.69, 9.17) is 4.74 Å². The molecule has 12 heavy (non-hydrogen) atoms. The summed E-state index contributed by atoms with van der Waals surface area (Å²) in [6.45, 7) is 2.19. The Hall–Kier alpha value is 0.350. The van der Waals surface area contributed by atoms with Crippen LogP contribution in [0.4, 0.5) is 0 Å². The molecule has 0 bridgehead atoms. The SMILES string of the molecule is BC(B)(B)C(C)(OC)C(B)(B)B. The van der Waals surface area contributed by atoms with E-state index in [1.54, 1.807) is 7.11 Å². The van der Waals surface area contributed by atoms with Gasteiger partial charge in [-0.05, 0) is 6.92 Å². The van der Waals surface area contributed by atoms with Crippen molar-refractivity contribution in [3.05, 3.63) is 0 Å². The van der Waals surface area contributed by atoms with Crippen LogP contribution < -0.4 is 0 Å². The van der Waals surface area contributed by atoms with Gasteiger partial charge in [0.25, 0.3) is 0 Å². The fourth-order valence-corrected chi connectivity index (χ4v) is 1.74. The monoisotopic (exact) mass is 160 g/mol. The lowest BCUT2D eigenvalue weighted by Gasteiger charge is -2.51. The second-order valence-electron chi connectivity index (χ2n) is 5.74. The molecule has 0 spiro atoms. The molecule has 7 heteroatoms. The van der Waals surface area contributed by atoms with Crippen LogP contribution in [0.2, 0.25) is 10.2 Å². The van der Waals surface area contributed by atoms with Crippen molar-refractivity contribution in [2.45, 2.75) is 22.8 Å². The largest absolute Gasteiger partial charge is 0.382 e. The molecule has 0 saturated heterocycles. The average Bonchev–Trinajstić information content (AvgIpc) is 1.81. The fourth-order valence-electron chi connectivity index (χ4n) is 1.74. The summed E-state index contributed by atoms with van der Waals surface area (Å²) in [5, 5.41) is 0.333. The van der Waals surface area contributed by atoms with Gasteiger partial charge in [-0.25, -0.2) is 0 Å². The van der Waals surface area contributed by atoms with E-state index in [0.29, 0.717) is 0 Å². The molecule has 0 aromatic carbocycles. The zero-order valence-corrected chi connectivity index (χ0v) is 9.91. The molecule has 0 radical (unpaired) electrons. The van der Waals surface area contributed by atoms with Crippen LogP contribution >= 0.6 is 0 Å². The van der Waals surface area contributed by atoms with Gasteiger partial charge in [0.05, 0.1) is 47.1 Å². The highest BCUT2D eigenvalue weighted by Gasteiger charge is 2.45. The summed E-state index contributed by atoms with van der Waals surface area (Å²) < 4.78 is 5.67. The maximum absolute atomic E-state index is 5.67. The molecule has 0 atom stereocenters. The van der Waals surface area contributed by atoms with Gasteiger partial charge < -0.3 is 4.74 Å². The van der Waals surface area contributed by atoms with E-state index in [1.165, 1.54) is 0 Å². The zero-order chi connectivity index (χ0) is 10.2. The molecule has 0 aliphatic heterocycles. The Morgan fingerprint density at radius 3 is 1.08 bits per heavy atom. The van der Waals surface area contributed by atoms with E-state index in [2.05, 4.69) is 54.0 Å². The van der Waals surface area contributed by atoms with Crippen molar-refractivity contribution in [1.82, 2.24) is 0 Å². The number of methoxy groups -OCH3 is 1. The smallest absolute Gasteiger partial charge is 0.0939 e. The molecule has 0 rings (SSSR count). The Morgan fingerprint density at radius 2 is 1.08 bits per heavy atom. The van der Waals surface area contributed by atoms with Crippen LogP contribution in [0.15, 0.2) is 0 Å². The number of ether oxygens (including phenoxy) is 1. The molecular weight excluding hydrogens is 141 g/mol. The first-order chi connectivity index (χ1) is 5.06. The fraction of sp³-hybridized carbons (Fsp3) is 1.00. The first-order valence-electron chi connectivity index (χ1n) is 4.61. The standard InChI is InChI=1S/C5H18B6O/c1-3(12-2,4(6,7)8)5(9,10)11/h6-11H2,1-2H3. The Bertz CT molecular complexity index is 142. The van der Waals surface area contributed by atoms with Crippen LogP contribution in [0.1, 0.15) is 6.92 Å². The summed E-state index contributed by atoms with van der Waals surface area (Å²) >= 11 is 0. The van der Waals surface area contributed by atoms with Gasteiger partial charge in [0.15, 0.2) is 0 Å². The lowest BCUT2D eigenvalue weighted by molar-refractivity contribution is 0.00759. The average molecular weight is 159 g/mol. The van der Waals surface area contributed by atoms with Crippen LogP contribution in [0.5, 0.6) is 0 Å². The Morgan fingerprint density at radius 1 is 0.833 bits per heavy atom. The summed E-state index contributed by atoms with van der Waals surface area (Å²) in [4.78, 5) is 0. The summed E-state index contributed by atoms with van der Waals surface area (Å²) in [5.74, 6) is 0. The highest BCUT2D eigenvalue weighted by Crippen LogP contribution is 2.44. The molecule has 0 saturated carbocycles. The minimum absolute atomic E-state index is 0.0833. The van der Waals surface area contributed by atoms with Gasteiger partial charge in [-0.1, -0.05) is 10.2 Å². The first-order valence-corrected chi connectivity index (χ1v) is 4.61. The second kappa shape index (κ2) is 3.25. The van der Waals surface area contributed by atoms with Crippen molar-refractivity contribution in [3.8, 4) is 0 Å². The van der Waals surface area contributed by atoms with E-state index < -0.39 is 0 Å². The van der Waals surface area contributed by atoms with E-state index in [9.17, 15) is 0 Å². The highest BCUT2D eigenvalue weighted by atomic mass is 16.5. The molecule has 0 unspecified atom stereocenters. The van der Waals surface area contributed by atoms with E-state index in [0.717, 1.165) is 0 Å². The van der Waals surface area contributed by atoms with Crippen LogP contribution in [-0.2, 0) is 4.74 Å². The minimum atomic E-state index is -0.0833. The number of hydrogen-bond acceptors (Lipinski definition) is 1. The van der Waals surface area contributed by atoms with Crippen molar-refractivity contribution in [2.75, 3.05) is 7.11 Å². The van der Waals surface area contributed by atoms with Gasteiger partial charge in [0, 0.05) is 12.7 Å². The molecule has 0 amide bonds. The Balaban J connectivity index is 4.95. The number of rotatable bonds is 3. The van der Waals surface area contributed by atoms with Gasteiger partial charge in [-0.15, -0.1) is 0 Å². The van der Waals surface area contributed by atoms with Crippen molar-refractivity contribution < 1.29 is 4.74 Å². The minimum Gasteiger partial charge on any atom is -0.382 e. The molecule has 0 fully saturated rings. The Kier molecular flexibility index (Phi) is 3.34. The van der Waals surface area contributed by atoms with E-state index in [1.807, 2.05) is 0 Å². The summed E-state index contributed by atoms with van der Waals surface area (Å²) in [7, 11) is 15.1. The lowest BCUT2D eigenvalue weighted by Crippen LogP contribution is -2.54. The molecule has 0 aromatic rings. The molecule has 0 heterocycles. The van der Waals surface area contributed by atoms with Gasteiger partial charge in [0.2, 0.25) is 0 Å². The molecule has 62 valence electrons. The van der Waals surface area contributed by atoms with Gasteiger partial charge >= 0.3 is 0 Å². The maximum atomic E-state index is 5.67. The maximum Gasteiger partial charge on any atom is 0.0939 e. The zero-order valence-electron chi connectivity index (χ0n) is 9.91. The predicted octanol–water partition coefficient (Wildman–Crippen LogP) is -4.66. The molecular formula is C5H18B6O. The van der Waals surface area contributed by atoms with Crippen molar-refractivity contribution in [1.29, 1.82) is 0 Å². The van der Waals surface area contributed by atoms with Crippen LogP contribution in [0.25, 0.3) is 0 Å². The van der Waals surface area contributed by atoms with Crippen molar-refractivity contribution in [3.63, 3.8) is 0 Å². The van der Waals surface area contributed by atoms with E-state index in [-0.39, 0.29) is 15.8 Å². The predicted molar refractivity (Wildman–Crippen MR) is 72.1 cm³/mol. The summed E-state index contributed by atoms with van der Waals surface area (Å²) in [6, 6.07) is 0. The third-order valence-electron chi connectivity index (χ3n) is 3.27. The summed E-state index contributed by atoms with van der Waals surface area (Å²) in [6.07, 6.45) is 0. The molecule has 0 aliphatic rings. The third kappa shape index (κ3) is 1.98. The lowest BCUT2D eigenvalue weighted by atomic mass is 9.23. The third-order valence-corrected chi connectivity index (χ3v) is 3.27. The Labute approximate surface area is 82.2 Å². The van der Waals surface area contributed by atoms with E-state index >= 15 is 0 Å². The topological polar surface area (TPSA) is 9.23 Å². The quantitative estimate of drug-likeness (QED) is 0.376.